The van der Waals surface area contributed by atoms with Gasteiger partial charge in [0.2, 0.25) is 0 Å². The third-order valence-corrected chi connectivity index (χ3v) is 4.33. The molecule has 92 valence electrons. The molecule has 0 aliphatic carbocycles. The molecule has 3 heteroatoms. The number of aliphatic hydroxyl groups excluding tert-OH is 1. The molecule has 1 N–H and O–H groups in total. The first-order valence-corrected chi connectivity index (χ1v) is 7.09. The van der Waals surface area contributed by atoms with E-state index in [0.717, 1.165) is 29.4 Å². The van der Waals surface area contributed by atoms with Crippen molar-refractivity contribution in [3.05, 3.63) is 22.4 Å². The van der Waals surface area contributed by atoms with Crippen LogP contribution in [0.4, 0.5) is 0 Å². The lowest BCUT2D eigenvalue weighted by Gasteiger charge is -2.32. The molecule has 1 unspecified atom stereocenters. The summed E-state index contributed by atoms with van der Waals surface area (Å²) in [6.07, 6.45) is 1.70. The molecule has 1 rings (SSSR count). The lowest BCUT2D eigenvalue weighted by molar-refractivity contribution is -0.906. The smallest absolute Gasteiger partial charge is 0.0800 e. The van der Waals surface area contributed by atoms with E-state index in [2.05, 4.69) is 20.9 Å². The molecule has 0 aromatic carbocycles. The zero-order valence-corrected chi connectivity index (χ0v) is 11.5. The van der Waals surface area contributed by atoms with Crippen LogP contribution < -0.4 is 0 Å². The molecule has 1 aromatic heterocycles. The van der Waals surface area contributed by atoms with Crippen LogP contribution in [0.5, 0.6) is 0 Å². The Bertz CT molecular complexity index is 280. The zero-order chi connectivity index (χ0) is 12.0. The van der Waals surface area contributed by atoms with E-state index in [-0.39, 0.29) is 6.10 Å². The van der Waals surface area contributed by atoms with Crippen LogP contribution in [0.25, 0.3) is 0 Å². The maximum absolute atomic E-state index is 9.95. The minimum atomic E-state index is -0.270. The van der Waals surface area contributed by atoms with E-state index in [4.69, 9.17) is 0 Å². The van der Waals surface area contributed by atoms with Crippen LogP contribution in [0.1, 0.15) is 38.4 Å². The minimum Gasteiger partial charge on any atom is -0.388 e. The van der Waals surface area contributed by atoms with E-state index in [1.165, 1.54) is 13.1 Å². The molecule has 0 spiro atoms. The first-order valence-electron chi connectivity index (χ1n) is 6.15. The van der Waals surface area contributed by atoms with Gasteiger partial charge in [-0.25, -0.2) is 0 Å². The first kappa shape index (κ1) is 13.7. The van der Waals surface area contributed by atoms with E-state index in [0.29, 0.717) is 0 Å². The maximum atomic E-state index is 9.95. The van der Waals surface area contributed by atoms with Crippen molar-refractivity contribution in [3.8, 4) is 0 Å². The predicted molar refractivity (Wildman–Crippen MR) is 70.6 cm³/mol. The first-order chi connectivity index (χ1) is 7.61. The van der Waals surface area contributed by atoms with Crippen LogP contribution >= 0.6 is 11.3 Å². The molecule has 1 heterocycles. The largest absolute Gasteiger partial charge is 0.388 e. The number of rotatable bonds is 7. The van der Waals surface area contributed by atoms with Gasteiger partial charge in [0.05, 0.1) is 32.8 Å². The normalized spacial score (nSPS) is 14.0. The van der Waals surface area contributed by atoms with Gasteiger partial charge in [-0.05, 0) is 49.1 Å². The van der Waals surface area contributed by atoms with Gasteiger partial charge in [0.1, 0.15) is 0 Å². The lowest BCUT2D eigenvalue weighted by atomic mass is 10.1. The Balaban J connectivity index is 2.30. The van der Waals surface area contributed by atoms with Gasteiger partial charge in [-0.1, -0.05) is 0 Å². The van der Waals surface area contributed by atoms with Crippen LogP contribution in [-0.4, -0.2) is 36.3 Å². The molecule has 2 nitrogen and oxygen atoms in total. The van der Waals surface area contributed by atoms with Crippen molar-refractivity contribution in [2.45, 2.75) is 32.8 Å². The van der Waals surface area contributed by atoms with Gasteiger partial charge in [0.15, 0.2) is 0 Å². The van der Waals surface area contributed by atoms with Gasteiger partial charge in [-0.3, -0.25) is 0 Å². The number of thiophene rings is 1. The summed E-state index contributed by atoms with van der Waals surface area (Å²) in [5.41, 5.74) is 1.08. The fraction of sp³-hybridized carbons (Fsp3) is 0.692. The molecule has 0 fully saturated rings. The van der Waals surface area contributed by atoms with Crippen LogP contribution in [-0.2, 0) is 0 Å². The van der Waals surface area contributed by atoms with Crippen LogP contribution in [0.3, 0.4) is 0 Å². The van der Waals surface area contributed by atoms with Gasteiger partial charge >= 0.3 is 0 Å². The highest BCUT2D eigenvalue weighted by atomic mass is 32.1. The van der Waals surface area contributed by atoms with Crippen LogP contribution in [0, 0.1) is 0 Å². The Kier molecular flexibility index (Phi) is 5.46. The summed E-state index contributed by atoms with van der Waals surface area (Å²) < 4.78 is 1.11. The molecule has 0 aliphatic rings. The van der Waals surface area contributed by atoms with Crippen molar-refractivity contribution >= 4 is 11.3 Å². The third-order valence-electron chi connectivity index (χ3n) is 3.63. The highest BCUT2D eigenvalue weighted by Gasteiger charge is 2.17. The summed E-state index contributed by atoms with van der Waals surface area (Å²) >= 11 is 1.65. The number of quaternary nitrogens is 1. The molecule has 0 bridgehead atoms. The summed E-state index contributed by atoms with van der Waals surface area (Å²) in [7, 11) is 2.29. The molecular formula is C13H24NOS+. The van der Waals surface area contributed by atoms with E-state index in [1.807, 2.05) is 16.8 Å². The summed E-state index contributed by atoms with van der Waals surface area (Å²) in [6.45, 7) is 7.97. The molecule has 0 radical (unpaired) electrons. The van der Waals surface area contributed by atoms with Crippen molar-refractivity contribution in [2.24, 2.45) is 0 Å². The molecule has 1 aromatic rings. The summed E-state index contributed by atoms with van der Waals surface area (Å²) in [5.74, 6) is 0. The highest BCUT2D eigenvalue weighted by Crippen LogP contribution is 2.21. The van der Waals surface area contributed by atoms with Gasteiger partial charge in [0.25, 0.3) is 0 Å². The number of nitrogens with zero attached hydrogens (tertiary/aromatic N) is 1. The summed E-state index contributed by atoms with van der Waals surface area (Å²) in [4.78, 5) is 0. The van der Waals surface area contributed by atoms with E-state index in [9.17, 15) is 5.11 Å². The second-order valence-electron chi connectivity index (χ2n) is 4.69. The molecule has 1 atom stereocenters. The van der Waals surface area contributed by atoms with E-state index in [1.54, 1.807) is 11.3 Å². The Labute approximate surface area is 103 Å². The monoisotopic (exact) mass is 242 g/mol. The van der Waals surface area contributed by atoms with Crippen LogP contribution in [0.15, 0.2) is 16.8 Å². The molecule has 16 heavy (non-hydrogen) atoms. The van der Waals surface area contributed by atoms with Gasteiger partial charge in [-0.2, -0.15) is 11.3 Å². The maximum Gasteiger partial charge on any atom is 0.0800 e. The summed E-state index contributed by atoms with van der Waals surface area (Å²) in [6, 6.07) is 2.02. The SMILES string of the molecule is CC[N+](C)(CC)CCCC(O)c1ccsc1. The Morgan fingerprint density at radius 2 is 2.06 bits per heavy atom. The number of hydrogen-bond donors (Lipinski definition) is 1. The summed E-state index contributed by atoms with van der Waals surface area (Å²) in [5, 5.41) is 14.0. The van der Waals surface area contributed by atoms with E-state index >= 15 is 0 Å². The fourth-order valence-corrected chi connectivity index (χ4v) is 2.54. The Hall–Kier alpha value is -0.380. The standard InChI is InChI=1S/C13H24NOS/c1-4-14(3,5-2)9-6-7-13(15)12-8-10-16-11-12/h8,10-11,13,15H,4-7,9H2,1-3H3/q+1. The second-order valence-corrected chi connectivity index (χ2v) is 5.47. The van der Waals surface area contributed by atoms with Gasteiger partial charge in [0, 0.05) is 0 Å². The Morgan fingerprint density at radius 1 is 1.38 bits per heavy atom. The molecule has 0 amide bonds. The molecular weight excluding hydrogens is 218 g/mol. The average molecular weight is 242 g/mol. The lowest BCUT2D eigenvalue weighted by Crippen LogP contribution is -2.44. The molecule has 0 saturated carbocycles. The molecule has 0 saturated heterocycles. The van der Waals surface area contributed by atoms with E-state index < -0.39 is 0 Å². The third kappa shape index (κ3) is 3.89. The topological polar surface area (TPSA) is 20.2 Å². The van der Waals surface area contributed by atoms with Crippen molar-refractivity contribution in [1.82, 2.24) is 0 Å². The zero-order valence-electron chi connectivity index (χ0n) is 10.6. The predicted octanol–water partition coefficient (Wildman–Crippen LogP) is 3.05. The van der Waals surface area contributed by atoms with Crippen molar-refractivity contribution < 1.29 is 9.59 Å². The quantitative estimate of drug-likeness (QED) is 0.729. The van der Waals surface area contributed by atoms with Crippen LogP contribution in [0.2, 0.25) is 0 Å². The highest BCUT2D eigenvalue weighted by molar-refractivity contribution is 7.07. The fourth-order valence-electron chi connectivity index (χ4n) is 1.84. The number of hydrogen-bond acceptors (Lipinski definition) is 2. The van der Waals surface area contributed by atoms with Crippen molar-refractivity contribution in [1.29, 1.82) is 0 Å². The number of aliphatic hydroxyl groups is 1. The van der Waals surface area contributed by atoms with Crippen molar-refractivity contribution in [3.63, 3.8) is 0 Å². The minimum absolute atomic E-state index is 0.270. The Morgan fingerprint density at radius 3 is 2.56 bits per heavy atom. The van der Waals surface area contributed by atoms with Crippen molar-refractivity contribution in [2.75, 3.05) is 26.7 Å². The second kappa shape index (κ2) is 6.38. The van der Waals surface area contributed by atoms with Gasteiger partial charge in [-0.15, -0.1) is 0 Å². The van der Waals surface area contributed by atoms with Gasteiger partial charge < -0.3 is 9.59 Å². The average Bonchev–Trinajstić information content (AvgIpc) is 2.82. The molecule has 0 aliphatic heterocycles.